The molecule has 23 heavy (non-hydrogen) atoms. The van der Waals surface area contributed by atoms with E-state index < -0.39 is 5.97 Å². The molecule has 0 unspecified atom stereocenters. The van der Waals surface area contributed by atoms with Crippen LogP contribution < -0.4 is 4.74 Å². The Morgan fingerprint density at radius 2 is 1.96 bits per heavy atom. The largest absolute Gasteiger partial charge is 0.489 e. The molecule has 3 aromatic rings. The predicted molar refractivity (Wildman–Crippen MR) is 85.3 cm³/mol. The van der Waals surface area contributed by atoms with Crippen molar-refractivity contribution in [3.8, 4) is 5.75 Å². The molecule has 0 saturated heterocycles. The fourth-order valence-electron chi connectivity index (χ4n) is 2.68. The zero-order valence-corrected chi connectivity index (χ0v) is 12.6. The summed E-state index contributed by atoms with van der Waals surface area (Å²) in [7, 11) is 0. The van der Waals surface area contributed by atoms with Gasteiger partial charge in [0.15, 0.2) is 0 Å². The first kappa shape index (κ1) is 15.1. The number of hydrogen-bond donors (Lipinski definition) is 1. The molecule has 0 atom stereocenters. The van der Waals surface area contributed by atoms with Gasteiger partial charge >= 0.3 is 5.97 Å². The van der Waals surface area contributed by atoms with E-state index in [4.69, 9.17) is 4.74 Å². The lowest BCUT2D eigenvalue weighted by molar-refractivity contribution is 0.0699. The molecule has 4 nitrogen and oxygen atoms in total. The Morgan fingerprint density at radius 1 is 1.22 bits per heavy atom. The standard InChI is InChI=1S/C18H16FNO3/c1-2-20-10-12(11-23-14-8-6-13(19)7-9-14)17-15(18(21)22)4-3-5-16(17)20/h3-10H,2,11H2,1H3,(H,21,22). The van der Waals surface area contributed by atoms with Gasteiger partial charge in [-0.25, -0.2) is 9.18 Å². The molecule has 0 aliphatic rings. The molecule has 0 fully saturated rings. The average Bonchev–Trinajstić information content (AvgIpc) is 2.92. The van der Waals surface area contributed by atoms with E-state index in [2.05, 4.69) is 0 Å². The Balaban J connectivity index is 1.99. The molecule has 2 aromatic carbocycles. The van der Waals surface area contributed by atoms with Crippen LogP contribution in [0.15, 0.2) is 48.7 Å². The number of aryl methyl sites for hydroxylation is 1. The molecular formula is C18H16FNO3. The fraction of sp³-hybridized carbons (Fsp3) is 0.167. The molecule has 0 radical (unpaired) electrons. The molecule has 0 spiro atoms. The monoisotopic (exact) mass is 313 g/mol. The molecule has 0 amide bonds. The smallest absolute Gasteiger partial charge is 0.336 e. The highest BCUT2D eigenvalue weighted by molar-refractivity contribution is 6.04. The van der Waals surface area contributed by atoms with E-state index in [1.807, 2.05) is 23.8 Å². The number of carbonyl (C=O) groups is 1. The lowest BCUT2D eigenvalue weighted by Crippen LogP contribution is -2.00. The van der Waals surface area contributed by atoms with Gasteiger partial charge in [-0.15, -0.1) is 0 Å². The topological polar surface area (TPSA) is 51.5 Å². The number of aromatic nitrogens is 1. The number of nitrogens with zero attached hydrogens (tertiary/aromatic N) is 1. The molecule has 5 heteroatoms. The highest BCUT2D eigenvalue weighted by Crippen LogP contribution is 2.27. The van der Waals surface area contributed by atoms with Crippen LogP contribution >= 0.6 is 0 Å². The van der Waals surface area contributed by atoms with E-state index in [0.717, 1.165) is 17.6 Å². The summed E-state index contributed by atoms with van der Waals surface area (Å²) >= 11 is 0. The number of hydrogen-bond acceptors (Lipinski definition) is 2. The number of halogens is 1. The Morgan fingerprint density at radius 3 is 2.61 bits per heavy atom. The van der Waals surface area contributed by atoms with Gasteiger partial charge in [-0.05, 0) is 43.3 Å². The van der Waals surface area contributed by atoms with Crippen molar-refractivity contribution in [1.29, 1.82) is 0 Å². The molecule has 118 valence electrons. The molecule has 1 N–H and O–H groups in total. The van der Waals surface area contributed by atoms with Crippen molar-refractivity contribution < 1.29 is 19.0 Å². The van der Waals surface area contributed by atoms with E-state index in [-0.39, 0.29) is 18.0 Å². The summed E-state index contributed by atoms with van der Waals surface area (Å²) in [4.78, 5) is 11.5. The summed E-state index contributed by atoms with van der Waals surface area (Å²) in [6.07, 6.45) is 1.90. The van der Waals surface area contributed by atoms with Crippen LogP contribution in [-0.2, 0) is 13.2 Å². The third-order valence-electron chi connectivity index (χ3n) is 3.76. The molecule has 0 aliphatic heterocycles. The van der Waals surface area contributed by atoms with E-state index in [1.54, 1.807) is 24.3 Å². The first-order valence-corrected chi connectivity index (χ1v) is 7.32. The molecule has 3 rings (SSSR count). The Hall–Kier alpha value is -2.82. The van der Waals surface area contributed by atoms with Crippen molar-refractivity contribution in [3.05, 3.63) is 65.6 Å². The Bertz CT molecular complexity index is 853. The second-order valence-electron chi connectivity index (χ2n) is 5.19. The minimum absolute atomic E-state index is 0.222. The van der Waals surface area contributed by atoms with E-state index in [9.17, 15) is 14.3 Å². The first-order chi connectivity index (χ1) is 11.1. The number of rotatable bonds is 5. The lowest BCUT2D eigenvalue weighted by Gasteiger charge is -2.06. The van der Waals surface area contributed by atoms with Crippen molar-refractivity contribution >= 4 is 16.9 Å². The SMILES string of the molecule is CCn1cc(COc2ccc(F)cc2)c2c(C(=O)O)cccc21. The van der Waals surface area contributed by atoms with Crippen LogP contribution in [-0.4, -0.2) is 15.6 Å². The molecule has 1 aromatic heterocycles. The number of aromatic carboxylic acids is 1. The van der Waals surface area contributed by atoms with Crippen LogP contribution in [0, 0.1) is 5.82 Å². The fourth-order valence-corrected chi connectivity index (χ4v) is 2.68. The molecule has 1 heterocycles. The van der Waals surface area contributed by atoms with E-state index in [0.29, 0.717) is 11.1 Å². The number of carboxylic acids is 1. The molecule has 0 saturated carbocycles. The van der Waals surface area contributed by atoms with Gasteiger partial charge in [0, 0.05) is 29.2 Å². The quantitative estimate of drug-likeness (QED) is 0.772. The number of benzene rings is 2. The first-order valence-electron chi connectivity index (χ1n) is 7.32. The summed E-state index contributed by atoms with van der Waals surface area (Å²) in [6, 6.07) is 11.0. The van der Waals surface area contributed by atoms with E-state index in [1.165, 1.54) is 12.1 Å². The van der Waals surface area contributed by atoms with Gasteiger partial charge in [0.25, 0.3) is 0 Å². The molecule has 0 bridgehead atoms. The summed E-state index contributed by atoms with van der Waals surface area (Å²) in [6.45, 7) is 2.95. The van der Waals surface area contributed by atoms with Crippen LogP contribution in [0.4, 0.5) is 4.39 Å². The lowest BCUT2D eigenvalue weighted by atomic mass is 10.1. The van der Waals surface area contributed by atoms with Gasteiger partial charge in [-0.2, -0.15) is 0 Å². The maximum absolute atomic E-state index is 12.9. The van der Waals surface area contributed by atoms with Crippen LogP contribution in [0.2, 0.25) is 0 Å². The molecule has 0 aliphatic carbocycles. The maximum Gasteiger partial charge on any atom is 0.336 e. The molecular weight excluding hydrogens is 297 g/mol. The van der Waals surface area contributed by atoms with Gasteiger partial charge in [-0.1, -0.05) is 6.07 Å². The van der Waals surface area contributed by atoms with Crippen molar-refractivity contribution in [1.82, 2.24) is 4.57 Å². The highest BCUT2D eigenvalue weighted by atomic mass is 19.1. The van der Waals surface area contributed by atoms with Gasteiger partial charge in [0.05, 0.1) is 5.56 Å². The third-order valence-corrected chi connectivity index (χ3v) is 3.76. The van der Waals surface area contributed by atoms with Crippen LogP contribution in [0.3, 0.4) is 0 Å². The minimum Gasteiger partial charge on any atom is -0.489 e. The summed E-state index contributed by atoms with van der Waals surface area (Å²) < 4.78 is 20.6. The van der Waals surface area contributed by atoms with Gasteiger partial charge in [0.2, 0.25) is 0 Å². The van der Waals surface area contributed by atoms with Crippen molar-refractivity contribution in [2.24, 2.45) is 0 Å². The number of fused-ring (bicyclic) bond motifs is 1. The highest BCUT2D eigenvalue weighted by Gasteiger charge is 2.16. The van der Waals surface area contributed by atoms with E-state index >= 15 is 0 Å². The van der Waals surface area contributed by atoms with Gasteiger partial charge in [-0.3, -0.25) is 0 Å². The normalized spacial score (nSPS) is 10.9. The van der Waals surface area contributed by atoms with Crippen molar-refractivity contribution in [3.63, 3.8) is 0 Å². The predicted octanol–water partition coefficient (Wildman–Crippen LogP) is 4.08. The third kappa shape index (κ3) is 2.90. The summed E-state index contributed by atoms with van der Waals surface area (Å²) in [5.74, 6) is -0.753. The van der Waals surface area contributed by atoms with Crippen LogP contribution in [0.1, 0.15) is 22.8 Å². The van der Waals surface area contributed by atoms with Gasteiger partial charge < -0.3 is 14.4 Å². The zero-order valence-electron chi connectivity index (χ0n) is 12.6. The van der Waals surface area contributed by atoms with Crippen molar-refractivity contribution in [2.45, 2.75) is 20.1 Å². The maximum atomic E-state index is 12.9. The van der Waals surface area contributed by atoms with Gasteiger partial charge in [0.1, 0.15) is 18.2 Å². The second kappa shape index (κ2) is 6.12. The minimum atomic E-state index is -0.965. The Labute approximate surface area is 132 Å². The number of ether oxygens (including phenoxy) is 1. The zero-order chi connectivity index (χ0) is 16.4. The Kier molecular flexibility index (Phi) is 4.02. The van der Waals surface area contributed by atoms with Crippen molar-refractivity contribution in [2.75, 3.05) is 0 Å². The average molecular weight is 313 g/mol. The number of carboxylic acid groups (broad SMARTS) is 1. The van der Waals surface area contributed by atoms with Crippen LogP contribution in [0.5, 0.6) is 5.75 Å². The summed E-state index contributed by atoms with van der Waals surface area (Å²) in [5.41, 5.74) is 1.92. The van der Waals surface area contributed by atoms with Crippen LogP contribution in [0.25, 0.3) is 10.9 Å². The second-order valence-corrected chi connectivity index (χ2v) is 5.19. The summed E-state index contributed by atoms with van der Waals surface area (Å²) in [5, 5.41) is 10.1.